The molecule has 1 aromatic carbocycles. The van der Waals surface area contributed by atoms with E-state index in [4.69, 9.17) is 9.72 Å². The Morgan fingerprint density at radius 3 is 2.36 bits per heavy atom. The smallest absolute Gasteiger partial charge is 0.407 e. The molecule has 11 nitrogen and oxygen atoms in total. The molecule has 2 aromatic heterocycles. The summed E-state index contributed by atoms with van der Waals surface area (Å²) < 4.78 is 5.48. The molecule has 0 aliphatic carbocycles. The minimum atomic E-state index is -0.893. The van der Waals surface area contributed by atoms with Crippen LogP contribution >= 0.6 is 0 Å². The van der Waals surface area contributed by atoms with Gasteiger partial charge in [-0.25, -0.2) is 4.79 Å². The van der Waals surface area contributed by atoms with Crippen molar-refractivity contribution >= 4 is 17.7 Å². The number of aryl methyl sites for hydroxylation is 2. The molecule has 47 heavy (non-hydrogen) atoms. The first-order valence-corrected chi connectivity index (χ1v) is 16.6. The van der Waals surface area contributed by atoms with Crippen LogP contribution in [0.1, 0.15) is 72.0 Å². The molecule has 2 fully saturated rings. The van der Waals surface area contributed by atoms with Crippen molar-refractivity contribution < 1.29 is 19.4 Å². The number of hydrogen-bond donors (Lipinski definition) is 3. The second kappa shape index (κ2) is 14.7. The number of hydrogen-bond acceptors (Lipinski definition) is 7. The van der Waals surface area contributed by atoms with E-state index in [1.54, 1.807) is 4.90 Å². The van der Waals surface area contributed by atoms with Crippen molar-refractivity contribution in [2.75, 3.05) is 37.7 Å². The number of likely N-dealkylation sites (tertiary alicyclic amines) is 1. The number of amides is 2. The first-order valence-electron chi connectivity index (χ1n) is 16.6. The van der Waals surface area contributed by atoms with Gasteiger partial charge in [0.2, 0.25) is 0 Å². The van der Waals surface area contributed by atoms with E-state index >= 15 is 0 Å². The normalized spacial score (nSPS) is 20.2. The Morgan fingerprint density at radius 2 is 1.77 bits per heavy atom. The third-order valence-electron chi connectivity index (χ3n) is 9.68. The number of H-pyrrole nitrogens is 1. The number of nitrogens with one attached hydrogen (secondary N) is 2. The van der Waals surface area contributed by atoms with E-state index in [1.165, 1.54) is 0 Å². The highest BCUT2D eigenvalue weighted by atomic mass is 16.5. The average Bonchev–Trinajstić information content (AvgIpc) is 3.02. The van der Waals surface area contributed by atoms with Gasteiger partial charge in [0.1, 0.15) is 0 Å². The van der Waals surface area contributed by atoms with Gasteiger partial charge in [0.15, 0.2) is 0 Å². The molecule has 2 amide bonds. The lowest BCUT2D eigenvalue weighted by Crippen LogP contribution is -2.55. The quantitative estimate of drug-likeness (QED) is 0.301. The lowest BCUT2D eigenvalue weighted by atomic mass is 9.90. The van der Waals surface area contributed by atoms with Gasteiger partial charge < -0.3 is 29.9 Å². The van der Waals surface area contributed by atoms with Gasteiger partial charge in [-0.15, -0.1) is 0 Å². The Labute approximate surface area is 276 Å². The third kappa shape index (κ3) is 7.68. The van der Waals surface area contributed by atoms with Crippen LogP contribution in [0, 0.1) is 20.8 Å². The summed E-state index contributed by atoms with van der Waals surface area (Å²) in [6.07, 6.45) is 2.34. The molecular weight excluding hydrogens is 596 g/mol. The zero-order chi connectivity index (χ0) is 33.8. The van der Waals surface area contributed by atoms with Gasteiger partial charge in [-0.05, 0) is 95.3 Å². The number of piperidine rings is 1. The lowest BCUT2D eigenvalue weighted by Gasteiger charge is -2.46. The molecule has 4 heterocycles. The maximum absolute atomic E-state index is 13.9. The Morgan fingerprint density at radius 1 is 1.06 bits per heavy atom. The molecule has 0 saturated carbocycles. The van der Waals surface area contributed by atoms with Gasteiger partial charge in [0, 0.05) is 85.1 Å². The number of rotatable bonds is 9. The topological polar surface area (TPSA) is 131 Å². The zero-order valence-electron chi connectivity index (χ0n) is 28.4. The molecule has 3 N–H and O–H groups in total. The summed E-state index contributed by atoms with van der Waals surface area (Å²) in [5.74, 6) is -0.264. The SMILES string of the molecule is CCN(c1cc(-c2ccc(CN3CCOCC3)nc2)cc(C(=O)NCc2c(C)cc(C)[nH]c2=O)c1C)C1C[C@@H](C)N(C(=O)O)[C@H](C)C1. The highest BCUT2D eigenvalue weighted by Gasteiger charge is 2.37. The third-order valence-corrected chi connectivity index (χ3v) is 9.68. The predicted octanol–water partition coefficient (Wildman–Crippen LogP) is 4.87. The van der Waals surface area contributed by atoms with Crippen LogP contribution in [0.25, 0.3) is 11.1 Å². The fourth-order valence-electron chi connectivity index (χ4n) is 7.24. The molecule has 2 aliphatic rings. The van der Waals surface area contributed by atoms with Crippen molar-refractivity contribution in [3.8, 4) is 11.1 Å². The summed E-state index contributed by atoms with van der Waals surface area (Å²) in [6, 6.07) is 9.85. The van der Waals surface area contributed by atoms with Crippen molar-refractivity contribution in [2.24, 2.45) is 0 Å². The van der Waals surface area contributed by atoms with Crippen molar-refractivity contribution in [2.45, 2.75) is 85.6 Å². The highest BCUT2D eigenvalue weighted by molar-refractivity contribution is 5.99. The summed E-state index contributed by atoms with van der Waals surface area (Å²) in [6.45, 7) is 16.5. The molecule has 0 radical (unpaired) electrons. The minimum absolute atomic E-state index is 0.0910. The zero-order valence-corrected chi connectivity index (χ0v) is 28.4. The largest absolute Gasteiger partial charge is 0.465 e. The number of aromatic nitrogens is 2. The molecule has 11 heteroatoms. The van der Waals surface area contributed by atoms with Crippen LogP contribution < -0.4 is 15.8 Å². The maximum Gasteiger partial charge on any atom is 0.407 e. The number of morpholine rings is 1. The van der Waals surface area contributed by atoms with Gasteiger partial charge in [0.25, 0.3) is 11.5 Å². The molecule has 0 unspecified atom stereocenters. The van der Waals surface area contributed by atoms with Gasteiger partial charge in [-0.1, -0.05) is 6.07 Å². The average molecular weight is 645 g/mol. The molecular formula is C36H48N6O5. The fourth-order valence-corrected chi connectivity index (χ4v) is 7.24. The highest BCUT2D eigenvalue weighted by Crippen LogP contribution is 2.36. The second-order valence-corrected chi connectivity index (χ2v) is 13.0. The van der Waals surface area contributed by atoms with Gasteiger partial charge in [-0.2, -0.15) is 0 Å². The summed E-state index contributed by atoms with van der Waals surface area (Å²) in [7, 11) is 0. The molecule has 2 saturated heterocycles. The second-order valence-electron chi connectivity index (χ2n) is 13.0. The van der Waals surface area contributed by atoms with E-state index in [2.05, 4.69) is 39.2 Å². The number of anilines is 1. The number of aromatic amines is 1. The summed E-state index contributed by atoms with van der Waals surface area (Å²) in [4.78, 5) is 52.3. The molecule has 0 bridgehead atoms. The van der Waals surface area contributed by atoms with Crippen LogP contribution in [-0.4, -0.2) is 87.8 Å². The number of carboxylic acid groups (broad SMARTS) is 1. The Balaban J connectivity index is 1.49. The van der Waals surface area contributed by atoms with Gasteiger partial charge in [-0.3, -0.25) is 19.5 Å². The van der Waals surface area contributed by atoms with Crippen molar-refractivity contribution in [1.82, 2.24) is 25.1 Å². The summed E-state index contributed by atoms with van der Waals surface area (Å²) in [5.41, 5.74) is 6.97. The van der Waals surface area contributed by atoms with E-state index in [1.807, 2.05) is 59.0 Å². The van der Waals surface area contributed by atoms with Crippen molar-refractivity contribution in [3.05, 3.63) is 80.5 Å². The Hall–Kier alpha value is -4.22. The first kappa shape index (κ1) is 34.1. The molecule has 252 valence electrons. The first-order chi connectivity index (χ1) is 22.5. The van der Waals surface area contributed by atoms with E-state index < -0.39 is 6.09 Å². The molecule has 3 aromatic rings. The monoisotopic (exact) mass is 644 g/mol. The van der Waals surface area contributed by atoms with Crippen LogP contribution in [0.5, 0.6) is 0 Å². The summed E-state index contributed by atoms with van der Waals surface area (Å²) in [5, 5.41) is 12.8. The Bertz CT molecular complexity index is 1640. The van der Waals surface area contributed by atoms with Crippen LogP contribution in [0.2, 0.25) is 0 Å². The van der Waals surface area contributed by atoms with Crippen LogP contribution in [0.3, 0.4) is 0 Å². The lowest BCUT2D eigenvalue weighted by molar-refractivity contribution is 0.0336. The number of pyridine rings is 2. The number of ether oxygens (including phenoxy) is 1. The summed E-state index contributed by atoms with van der Waals surface area (Å²) >= 11 is 0. The van der Waals surface area contributed by atoms with Crippen LogP contribution in [0.15, 0.2) is 41.3 Å². The van der Waals surface area contributed by atoms with Crippen LogP contribution in [0.4, 0.5) is 10.5 Å². The standard InChI is InChI=1S/C36H48N6O5/c1-7-41(30-15-24(4)42(36(45)46)25(5)16-30)33-18-28(27-8-9-29(37-19-27)21-40-10-12-47-13-11-40)17-31(26(33)6)34(43)38-20-32-22(2)14-23(3)39-35(32)44/h8-9,14,17-19,24-25,30H,7,10-13,15-16,20-21H2,1-6H3,(H,38,43)(H,39,44)(H,45,46)/t24-,25-/m1/s1. The maximum atomic E-state index is 13.9. The number of nitrogens with zero attached hydrogens (tertiary/aromatic N) is 4. The van der Waals surface area contributed by atoms with Gasteiger partial charge in [0.05, 0.1) is 18.9 Å². The van der Waals surface area contributed by atoms with E-state index in [0.717, 1.165) is 72.2 Å². The van der Waals surface area contributed by atoms with E-state index in [-0.39, 0.29) is 36.1 Å². The van der Waals surface area contributed by atoms with Crippen molar-refractivity contribution in [3.63, 3.8) is 0 Å². The molecule has 5 rings (SSSR count). The van der Waals surface area contributed by atoms with E-state index in [0.29, 0.717) is 30.5 Å². The molecule has 2 aliphatic heterocycles. The van der Waals surface area contributed by atoms with Crippen LogP contribution in [-0.2, 0) is 17.8 Å². The Kier molecular flexibility index (Phi) is 10.7. The van der Waals surface area contributed by atoms with Gasteiger partial charge >= 0.3 is 6.09 Å². The van der Waals surface area contributed by atoms with E-state index in [9.17, 15) is 19.5 Å². The number of benzene rings is 1. The number of carbonyl (C=O) groups is 2. The molecule has 0 spiro atoms. The predicted molar refractivity (Wildman–Crippen MR) is 183 cm³/mol. The minimum Gasteiger partial charge on any atom is -0.465 e. The molecule has 2 atom stereocenters. The number of carbonyl (C=O) groups excluding carboxylic acids is 1. The fraction of sp³-hybridized carbons (Fsp3) is 0.500. The van der Waals surface area contributed by atoms with Crippen molar-refractivity contribution in [1.29, 1.82) is 0 Å².